The molecule has 0 unspecified atom stereocenters. The third kappa shape index (κ3) is 6.90. The lowest BCUT2D eigenvalue weighted by atomic mass is 10.0. The van der Waals surface area contributed by atoms with Gasteiger partial charge in [0.1, 0.15) is 6.54 Å². The molecule has 0 fully saturated rings. The predicted octanol–water partition coefficient (Wildman–Crippen LogP) is 5.24. The van der Waals surface area contributed by atoms with E-state index in [1.807, 2.05) is 19.1 Å². The quantitative estimate of drug-likeness (QED) is 0.258. The van der Waals surface area contributed by atoms with Gasteiger partial charge in [0, 0.05) is 0 Å². The normalized spacial score (nSPS) is 11.5. The number of aryl methyl sites for hydroxylation is 1. The lowest BCUT2D eigenvalue weighted by Gasteiger charge is -2.24. The number of hydrogen-bond donors (Lipinski definition) is 1. The second kappa shape index (κ2) is 12.2. The van der Waals surface area contributed by atoms with E-state index in [2.05, 4.69) is 40.3 Å². The molecule has 0 spiro atoms. The number of hydrazone groups is 1. The van der Waals surface area contributed by atoms with Gasteiger partial charge in [-0.15, -0.1) is 0 Å². The highest BCUT2D eigenvalue weighted by Gasteiger charge is 2.27. The number of amides is 1. The summed E-state index contributed by atoms with van der Waals surface area (Å²) < 4.78 is 39.4. The van der Waals surface area contributed by atoms with Crippen molar-refractivity contribution in [3.63, 3.8) is 0 Å². The van der Waals surface area contributed by atoms with E-state index in [1.165, 1.54) is 32.6 Å². The van der Waals surface area contributed by atoms with E-state index in [1.54, 1.807) is 36.4 Å². The van der Waals surface area contributed by atoms with Crippen molar-refractivity contribution in [2.75, 3.05) is 25.1 Å². The molecule has 10 heteroatoms. The molecule has 0 atom stereocenters. The molecule has 1 amide bonds. The number of methoxy groups -OCH3 is 2. The van der Waals surface area contributed by atoms with Gasteiger partial charge in [-0.2, -0.15) is 5.10 Å². The van der Waals surface area contributed by atoms with E-state index in [-0.39, 0.29) is 10.8 Å². The molecule has 3 aromatic carbocycles. The first kappa shape index (κ1) is 28.2. The largest absolute Gasteiger partial charge is 0.493 e. The van der Waals surface area contributed by atoms with Gasteiger partial charge in [-0.3, -0.25) is 9.10 Å². The lowest BCUT2D eigenvalue weighted by Crippen LogP contribution is -2.39. The van der Waals surface area contributed by atoms with Crippen molar-refractivity contribution < 1.29 is 22.7 Å². The summed E-state index contributed by atoms with van der Waals surface area (Å²) in [5.74, 6) is 0.707. The summed E-state index contributed by atoms with van der Waals surface area (Å²) >= 11 is 3.41. The number of carbonyl (C=O) groups excluding carboxylic acids is 1. The Morgan fingerprint density at radius 3 is 2.27 bits per heavy atom. The number of benzene rings is 3. The minimum Gasteiger partial charge on any atom is -0.493 e. The maximum Gasteiger partial charge on any atom is 0.264 e. The zero-order chi connectivity index (χ0) is 27.2. The van der Waals surface area contributed by atoms with E-state index < -0.39 is 22.5 Å². The van der Waals surface area contributed by atoms with Crippen molar-refractivity contribution in [1.29, 1.82) is 0 Å². The number of sulfonamides is 1. The SMILES string of the molecule is COc1cc(/C=N\NC(=O)CN(c2ccc(C(C)C)cc2)S(=O)(=O)c2ccc(C)cc2)cc(Br)c1OC. The van der Waals surface area contributed by atoms with Crippen LogP contribution in [0.1, 0.15) is 36.5 Å². The van der Waals surface area contributed by atoms with Gasteiger partial charge >= 0.3 is 0 Å². The molecule has 0 aliphatic carbocycles. The van der Waals surface area contributed by atoms with Crippen LogP contribution in [0.15, 0.2) is 75.1 Å². The Balaban J connectivity index is 1.85. The molecule has 196 valence electrons. The van der Waals surface area contributed by atoms with Gasteiger partial charge in [0.25, 0.3) is 15.9 Å². The van der Waals surface area contributed by atoms with Crippen LogP contribution in [0.25, 0.3) is 0 Å². The van der Waals surface area contributed by atoms with Gasteiger partial charge in [0.05, 0.1) is 35.5 Å². The average molecular weight is 589 g/mol. The highest BCUT2D eigenvalue weighted by atomic mass is 79.9. The molecule has 0 aliphatic rings. The Hall–Kier alpha value is -3.37. The minimum atomic E-state index is -4.01. The highest BCUT2D eigenvalue weighted by Crippen LogP contribution is 2.35. The van der Waals surface area contributed by atoms with Crippen LogP contribution in [0.4, 0.5) is 5.69 Å². The monoisotopic (exact) mass is 587 g/mol. The Kier molecular flexibility index (Phi) is 9.34. The number of nitrogens with one attached hydrogen (secondary N) is 1. The topological polar surface area (TPSA) is 97.3 Å². The van der Waals surface area contributed by atoms with Crippen molar-refractivity contribution >= 4 is 43.8 Å². The molecule has 0 saturated carbocycles. The van der Waals surface area contributed by atoms with Gasteiger partial charge in [-0.25, -0.2) is 13.8 Å². The first-order valence-corrected chi connectivity index (χ1v) is 13.7. The van der Waals surface area contributed by atoms with Crippen LogP contribution >= 0.6 is 15.9 Å². The molecule has 3 rings (SSSR count). The number of ether oxygens (including phenoxy) is 2. The van der Waals surface area contributed by atoms with Gasteiger partial charge in [0.15, 0.2) is 11.5 Å². The molecule has 37 heavy (non-hydrogen) atoms. The Morgan fingerprint density at radius 2 is 1.70 bits per heavy atom. The van der Waals surface area contributed by atoms with Gasteiger partial charge in [0.2, 0.25) is 0 Å². The van der Waals surface area contributed by atoms with Crippen LogP contribution in [0.5, 0.6) is 11.5 Å². The second-order valence-corrected chi connectivity index (χ2v) is 11.3. The summed E-state index contributed by atoms with van der Waals surface area (Å²) in [4.78, 5) is 12.9. The molecular formula is C27H30BrN3O5S. The third-order valence-corrected chi connectivity index (χ3v) is 7.98. The number of hydrogen-bond acceptors (Lipinski definition) is 6. The zero-order valence-electron chi connectivity index (χ0n) is 21.4. The summed E-state index contributed by atoms with van der Waals surface area (Å²) in [5.41, 5.74) is 5.43. The Morgan fingerprint density at radius 1 is 1.05 bits per heavy atom. The zero-order valence-corrected chi connectivity index (χ0v) is 23.8. The van der Waals surface area contributed by atoms with Crippen LogP contribution < -0.4 is 19.2 Å². The van der Waals surface area contributed by atoms with Crippen LogP contribution in [0.3, 0.4) is 0 Å². The first-order valence-electron chi connectivity index (χ1n) is 11.5. The van der Waals surface area contributed by atoms with E-state index >= 15 is 0 Å². The van der Waals surface area contributed by atoms with Gasteiger partial charge in [-0.05, 0) is 76.3 Å². The number of nitrogens with zero attached hydrogens (tertiary/aromatic N) is 2. The fraction of sp³-hybridized carbons (Fsp3) is 0.259. The highest BCUT2D eigenvalue weighted by molar-refractivity contribution is 9.10. The number of anilines is 1. The van der Waals surface area contributed by atoms with Crippen molar-refractivity contribution in [2.45, 2.75) is 31.6 Å². The van der Waals surface area contributed by atoms with E-state index in [0.29, 0.717) is 27.2 Å². The molecular weight excluding hydrogens is 558 g/mol. The molecule has 8 nitrogen and oxygen atoms in total. The fourth-order valence-electron chi connectivity index (χ4n) is 3.54. The van der Waals surface area contributed by atoms with Crippen LogP contribution in [0.2, 0.25) is 0 Å². The van der Waals surface area contributed by atoms with E-state index in [0.717, 1.165) is 15.4 Å². The minimum absolute atomic E-state index is 0.0949. The molecule has 0 bridgehead atoms. The second-order valence-electron chi connectivity index (χ2n) is 8.60. The molecule has 0 aromatic heterocycles. The van der Waals surface area contributed by atoms with Gasteiger partial charge < -0.3 is 9.47 Å². The molecule has 1 N–H and O–H groups in total. The van der Waals surface area contributed by atoms with Crippen molar-refractivity contribution in [3.05, 3.63) is 81.8 Å². The lowest BCUT2D eigenvalue weighted by molar-refractivity contribution is -0.119. The molecule has 0 radical (unpaired) electrons. The van der Waals surface area contributed by atoms with Crippen molar-refractivity contribution in [3.8, 4) is 11.5 Å². The number of halogens is 1. The van der Waals surface area contributed by atoms with Crippen LogP contribution in [-0.4, -0.2) is 41.3 Å². The van der Waals surface area contributed by atoms with E-state index in [4.69, 9.17) is 9.47 Å². The third-order valence-electron chi connectivity index (χ3n) is 5.60. The summed E-state index contributed by atoms with van der Waals surface area (Å²) in [7, 11) is -0.966. The van der Waals surface area contributed by atoms with Crippen molar-refractivity contribution in [1.82, 2.24) is 5.43 Å². The Bertz CT molecular complexity index is 1370. The van der Waals surface area contributed by atoms with Crippen LogP contribution in [0, 0.1) is 6.92 Å². The summed E-state index contributed by atoms with van der Waals surface area (Å²) in [6.45, 7) is 5.53. The first-order chi connectivity index (χ1) is 17.6. The fourth-order valence-corrected chi connectivity index (χ4v) is 5.58. The molecule has 0 aliphatic heterocycles. The smallest absolute Gasteiger partial charge is 0.264 e. The summed E-state index contributed by atoms with van der Waals surface area (Å²) in [6.07, 6.45) is 1.43. The average Bonchev–Trinajstić information content (AvgIpc) is 2.87. The molecule has 0 heterocycles. The van der Waals surface area contributed by atoms with Gasteiger partial charge in [-0.1, -0.05) is 43.7 Å². The van der Waals surface area contributed by atoms with Crippen molar-refractivity contribution in [2.24, 2.45) is 5.10 Å². The van der Waals surface area contributed by atoms with E-state index in [9.17, 15) is 13.2 Å². The predicted molar refractivity (Wildman–Crippen MR) is 149 cm³/mol. The Labute approximate surface area is 226 Å². The maximum absolute atomic E-state index is 13.5. The van der Waals surface area contributed by atoms with Crippen LogP contribution in [-0.2, 0) is 14.8 Å². The summed E-state index contributed by atoms with van der Waals surface area (Å²) in [5, 5.41) is 4.00. The number of rotatable bonds is 10. The number of carbonyl (C=O) groups is 1. The molecule has 3 aromatic rings. The standard InChI is InChI=1S/C27H30BrN3O5S/c1-18(2)21-8-10-22(11-9-21)31(37(33,34)23-12-6-19(3)7-13-23)17-26(32)30-29-16-20-14-24(28)27(36-5)25(15-20)35-4/h6-16,18H,17H2,1-5H3,(H,30,32)/b29-16-. The summed E-state index contributed by atoms with van der Waals surface area (Å²) in [6, 6.07) is 17.1. The maximum atomic E-state index is 13.5. The molecule has 0 saturated heterocycles.